The van der Waals surface area contributed by atoms with E-state index in [9.17, 15) is 0 Å². The number of benzene rings is 1. The zero-order valence-corrected chi connectivity index (χ0v) is 19.3. The van der Waals surface area contributed by atoms with E-state index in [1.54, 1.807) is 0 Å². The van der Waals surface area contributed by atoms with Gasteiger partial charge in [0.05, 0.1) is 24.2 Å². The molecule has 1 aromatic carbocycles. The Morgan fingerprint density at radius 3 is 2.73 bits per heavy atom. The number of morpholine rings is 1. The third-order valence-corrected chi connectivity index (χ3v) is 6.84. The summed E-state index contributed by atoms with van der Waals surface area (Å²) in [7, 11) is 2.09. The van der Waals surface area contributed by atoms with Gasteiger partial charge in [-0.1, -0.05) is 19.1 Å². The number of rotatable bonds is 4. The molecule has 0 saturated carbocycles. The lowest BCUT2D eigenvalue weighted by atomic mass is 9.99. The molecule has 4 aromatic rings. The summed E-state index contributed by atoms with van der Waals surface area (Å²) >= 11 is 0. The molecule has 2 aliphatic heterocycles. The van der Waals surface area contributed by atoms with E-state index in [2.05, 4.69) is 39.4 Å². The highest BCUT2D eigenvalue weighted by Crippen LogP contribution is 2.31. The van der Waals surface area contributed by atoms with Crippen LogP contribution in [0.25, 0.3) is 28.1 Å². The normalized spacial score (nSPS) is 19.6. The van der Waals surface area contributed by atoms with E-state index in [1.165, 1.54) is 6.42 Å². The summed E-state index contributed by atoms with van der Waals surface area (Å²) in [5.74, 6) is 3.99. The van der Waals surface area contributed by atoms with E-state index >= 15 is 0 Å². The average molecular weight is 447 g/mol. The number of aryl methyl sites for hydroxylation is 2. The first-order valence-electron chi connectivity index (χ1n) is 12.0. The highest BCUT2D eigenvalue weighted by atomic mass is 16.5. The van der Waals surface area contributed by atoms with Gasteiger partial charge >= 0.3 is 0 Å². The summed E-state index contributed by atoms with van der Waals surface area (Å²) < 4.78 is 9.90. The molecule has 1 atom stereocenters. The zero-order chi connectivity index (χ0) is 22.4. The lowest BCUT2D eigenvalue weighted by Crippen LogP contribution is -2.37. The van der Waals surface area contributed by atoms with E-state index < -0.39 is 0 Å². The van der Waals surface area contributed by atoms with Crippen LogP contribution in [0.2, 0.25) is 0 Å². The number of nitrogens with zero attached hydrogens (tertiary/aromatic N) is 7. The van der Waals surface area contributed by atoms with Gasteiger partial charge in [0.15, 0.2) is 17.0 Å². The molecule has 172 valence electrons. The van der Waals surface area contributed by atoms with Gasteiger partial charge in [0, 0.05) is 39.0 Å². The molecule has 0 amide bonds. The van der Waals surface area contributed by atoms with Gasteiger partial charge in [-0.25, -0.2) is 9.97 Å². The fraction of sp³-hybridized carbons (Fsp3) is 0.500. The predicted molar refractivity (Wildman–Crippen MR) is 128 cm³/mol. The van der Waals surface area contributed by atoms with Crippen molar-refractivity contribution in [2.75, 3.05) is 44.3 Å². The van der Waals surface area contributed by atoms with Crippen LogP contribution in [0, 0.1) is 0 Å². The van der Waals surface area contributed by atoms with Crippen LogP contribution < -0.4 is 10.2 Å². The van der Waals surface area contributed by atoms with Crippen LogP contribution in [0.1, 0.15) is 37.3 Å². The number of aromatic nitrogens is 6. The van der Waals surface area contributed by atoms with Crippen LogP contribution in [0.4, 0.5) is 5.82 Å². The van der Waals surface area contributed by atoms with Crippen LogP contribution >= 0.6 is 0 Å². The second-order valence-electron chi connectivity index (χ2n) is 8.90. The van der Waals surface area contributed by atoms with Crippen molar-refractivity contribution in [3.05, 3.63) is 35.9 Å². The molecule has 0 spiro atoms. The van der Waals surface area contributed by atoms with Gasteiger partial charge in [0.1, 0.15) is 11.6 Å². The minimum Gasteiger partial charge on any atom is -0.378 e. The molecule has 0 bridgehead atoms. The van der Waals surface area contributed by atoms with Crippen molar-refractivity contribution < 1.29 is 4.74 Å². The predicted octanol–water partition coefficient (Wildman–Crippen LogP) is 2.57. The van der Waals surface area contributed by atoms with Crippen molar-refractivity contribution in [3.8, 4) is 5.95 Å². The Balaban J connectivity index is 1.58. The average Bonchev–Trinajstić information content (AvgIpc) is 3.42. The fourth-order valence-electron chi connectivity index (χ4n) is 5.12. The van der Waals surface area contributed by atoms with Crippen molar-refractivity contribution in [2.24, 2.45) is 7.05 Å². The summed E-state index contributed by atoms with van der Waals surface area (Å²) in [6.07, 6.45) is 3.11. The standard InChI is InChI=1S/C24H30N8O/c1-3-19-26-17-8-4-5-9-18(17)32(19)24-28-22-20(23(29-24)31-11-13-33-14-12-31)27-21(30(22)2)16-7-6-10-25-15-16/h4-5,8-9,16,25H,3,6-7,10-15H2,1-2H3. The smallest absolute Gasteiger partial charge is 0.239 e. The second kappa shape index (κ2) is 8.39. The first kappa shape index (κ1) is 20.6. The molecule has 0 aliphatic carbocycles. The van der Waals surface area contributed by atoms with Gasteiger partial charge in [-0.2, -0.15) is 9.97 Å². The van der Waals surface area contributed by atoms with E-state index in [0.29, 0.717) is 25.1 Å². The van der Waals surface area contributed by atoms with Crippen molar-refractivity contribution >= 4 is 28.0 Å². The number of ether oxygens (including phenoxy) is 1. The maximum Gasteiger partial charge on any atom is 0.239 e. The monoisotopic (exact) mass is 446 g/mol. The van der Waals surface area contributed by atoms with Gasteiger partial charge < -0.3 is 19.5 Å². The van der Waals surface area contributed by atoms with Gasteiger partial charge in [-0.05, 0) is 31.5 Å². The van der Waals surface area contributed by atoms with E-state index in [4.69, 9.17) is 24.7 Å². The first-order chi connectivity index (χ1) is 16.2. The van der Waals surface area contributed by atoms with Crippen molar-refractivity contribution in [1.82, 2.24) is 34.4 Å². The Kier molecular flexibility index (Phi) is 5.22. The lowest BCUT2D eigenvalue weighted by molar-refractivity contribution is 0.122. The second-order valence-corrected chi connectivity index (χ2v) is 8.90. The molecule has 0 radical (unpaired) electrons. The van der Waals surface area contributed by atoms with Gasteiger partial charge in [0.2, 0.25) is 5.95 Å². The molecular formula is C24H30N8O. The molecule has 5 heterocycles. The Morgan fingerprint density at radius 1 is 1.09 bits per heavy atom. The molecular weight excluding hydrogens is 416 g/mol. The van der Waals surface area contributed by atoms with Crippen LogP contribution in [-0.2, 0) is 18.2 Å². The number of hydrogen-bond acceptors (Lipinski definition) is 7. The molecule has 6 rings (SSSR count). The first-order valence-corrected chi connectivity index (χ1v) is 12.0. The maximum atomic E-state index is 5.62. The maximum absolute atomic E-state index is 5.62. The molecule has 2 aliphatic rings. The largest absolute Gasteiger partial charge is 0.378 e. The molecule has 9 heteroatoms. The van der Waals surface area contributed by atoms with E-state index in [-0.39, 0.29) is 0 Å². The third kappa shape index (κ3) is 3.46. The Labute approximate surface area is 192 Å². The minimum absolute atomic E-state index is 0.388. The summed E-state index contributed by atoms with van der Waals surface area (Å²) in [4.78, 5) is 22.5. The summed E-state index contributed by atoms with van der Waals surface area (Å²) in [6.45, 7) is 7.15. The number of hydrogen-bond donors (Lipinski definition) is 1. The van der Waals surface area contributed by atoms with Crippen molar-refractivity contribution in [1.29, 1.82) is 0 Å². The summed E-state index contributed by atoms with van der Waals surface area (Å²) in [6, 6.07) is 8.20. The zero-order valence-electron chi connectivity index (χ0n) is 19.3. The minimum atomic E-state index is 0.388. The topological polar surface area (TPSA) is 85.9 Å². The molecule has 33 heavy (non-hydrogen) atoms. The molecule has 1 unspecified atom stereocenters. The van der Waals surface area contributed by atoms with Crippen molar-refractivity contribution in [2.45, 2.75) is 32.1 Å². The quantitative estimate of drug-likeness (QED) is 0.516. The van der Waals surface area contributed by atoms with Crippen LogP contribution in [0.5, 0.6) is 0 Å². The summed E-state index contributed by atoms with van der Waals surface area (Å²) in [5, 5.41) is 3.52. The Hall–Kier alpha value is -3.04. The number of piperidine rings is 1. The lowest BCUT2D eigenvalue weighted by Gasteiger charge is -2.28. The number of anilines is 1. The number of imidazole rings is 2. The summed E-state index contributed by atoms with van der Waals surface area (Å²) in [5.41, 5.74) is 3.75. The Bertz CT molecular complexity index is 1300. The highest BCUT2D eigenvalue weighted by Gasteiger charge is 2.27. The van der Waals surface area contributed by atoms with Crippen LogP contribution in [0.3, 0.4) is 0 Å². The van der Waals surface area contributed by atoms with Crippen LogP contribution in [-0.4, -0.2) is 68.5 Å². The molecule has 9 nitrogen and oxygen atoms in total. The SMILES string of the molecule is CCc1nc2ccccc2n1-c1nc(N2CCOCC2)c2nc(C3CCCNC3)n(C)c2n1. The number of fused-ring (bicyclic) bond motifs is 2. The molecule has 3 aromatic heterocycles. The van der Waals surface area contributed by atoms with E-state index in [1.807, 2.05) is 18.2 Å². The fourth-order valence-corrected chi connectivity index (χ4v) is 5.12. The highest BCUT2D eigenvalue weighted by molar-refractivity contribution is 5.86. The molecule has 1 N–H and O–H groups in total. The van der Waals surface area contributed by atoms with Gasteiger partial charge in [-0.3, -0.25) is 4.57 Å². The molecule has 2 fully saturated rings. The number of para-hydroxylation sites is 2. The third-order valence-electron chi connectivity index (χ3n) is 6.84. The van der Waals surface area contributed by atoms with Gasteiger partial charge in [-0.15, -0.1) is 0 Å². The van der Waals surface area contributed by atoms with Crippen LogP contribution in [0.15, 0.2) is 24.3 Å². The van der Waals surface area contributed by atoms with Crippen molar-refractivity contribution in [3.63, 3.8) is 0 Å². The Morgan fingerprint density at radius 2 is 1.94 bits per heavy atom. The van der Waals surface area contributed by atoms with Gasteiger partial charge in [0.25, 0.3) is 0 Å². The van der Waals surface area contributed by atoms with E-state index in [0.717, 1.165) is 78.7 Å². The number of nitrogens with one attached hydrogen (secondary N) is 1. The molecule has 2 saturated heterocycles.